The van der Waals surface area contributed by atoms with Gasteiger partial charge >= 0.3 is 0 Å². The van der Waals surface area contributed by atoms with Crippen molar-refractivity contribution < 1.29 is 22.7 Å². The average molecular weight is 485 g/mol. The number of hydrogen-bond acceptors (Lipinski definition) is 6. The molecule has 3 rings (SSSR count). The zero-order valence-corrected chi connectivity index (χ0v) is 19.2. The number of nitrogens with zero attached hydrogens (tertiary/aromatic N) is 2. The topological polar surface area (TPSA) is 114 Å². The number of rotatable bonds is 5. The van der Waals surface area contributed by atoms with Gasteiger partial charge in [0.15, 0.2) is 10.9 Å². The fraction of sp³-hybridized carbons (Fsp3) is 0.263. The Morgan fingerprint density at radius 2 is 1.74 bits per heavy atom. The third-order valence-corrected chi connectivity index (χ3v) is 6.18. The van der Waals surface area contributed by atoms with Gasteiger partial charge < -0.3 is 14.8 Å². The molecule has 9 nitrogen and oxygen atoms in total. The lowest BCUT2D eigenvalue weighted by atomic mass is 10.1. The third-order valence-electron chi connectivity index (χ3n) is 4.64. The van der Waals surface area contributed by atoms with Crippen LogP contribution in [0.1, 0.15) is 16.8 Å². The van der Waals surface area contributed by atoms with Gasteiger partial charge in [0.05, 0.1) is 24.1 Å². The number of amides is 1. The van der Waals surface area contributed by atoms with Gasteiger partial charge in [-0.1, -0.05) is 11.6 Å². The number of ether oxygens (including phenoxy) is 2. The van der Waals surface area contributed by atoms with E-state index in [1.54, 1.807) is 17.1 Å². The fourth-order valence-electron chi connectivity index (χ4n) is 3.19. The molecule has 2 aromatic carbocycles. The minimum Gasteiger partial charge on any atom is -0.496 e. The Kier molecular flexibility index (Phi) is 6.90. The van der Waals surface area contributed by atoms with E-state index in [9.17, 15) is 13.2 Å². The quantitative estimate of drug-likeness (QED) is 0.622. The summed E-state index contributed by atoms with van der Waals surface area (Å²) in [4.78, 5) is 13.4. The molecular formula is C19H21ClN4O5S2. The largest absolute Gasteiger partial charge is 0.496 e. The monoisotopic (exact) mass is 484 g/mol. The minimum atomic E-state index is -3.79. The second kappa shape index (κ2) is 9.27. The number of methoxy groups -OCH3 is 2. The van der Waals surface area contributed by atoms with Crippen LogP contribution >= 0.6 is 23.8 Å². The number of hydrogen-bond donors (Lipinski definition) is 2. The van der Waals surface area contributed by atoms with Gasteiger partial charge in [0.2, 0.25) is 10.0 Å². The number of primary sulfonamides is 1. The highest BCUT2D eigenvalue weighted by atomic mass is 35.5. The first-order valence-electron chi connectivity index (χ1n) is 9.11. The molecule has 0 aliphatic carbocycles. The maximum absolute atomic E-state index is 13.4. The van der Waals surface area contributed by atoms with Crippen LogP contribution in [0.5, 0.6) is 11.5 Å². The highest BCUT2D eigenvalue weighted by Gasteiger charge is 2.33. The molecular weight excluding hydrogens is 464 g/mol. The van der Waals surface area contributed by atoms with Crippen LogP contribution in [0.4, 0.5) is 5.69 Å². The number of carbonyl (C=O) groups excluding carboxylic acids is 1. The van der Waals surface area contributed by atoms with Gasteiger partial charge in [-0.3, -0.25) is 9.80 Å². The summed E-state index contributed by atoms with van der Waals surface area (Å²) in [6, 6.07) is 9.01. The van der Waals surface area contributed by atoms with Crippen molar-refractivity contribution in [2.45, 2.75) is 11.3 Å². The molecule has 1 aliphatic heterocycles. The predicted molar refractivity (Wildman–Crippen MR) is 121 cm³/mol. The van der Waals surface area contributed by atoms with E-state index in [-0.39, 0.29) is 32.3 Å². The number of sulfonamides is 1. The molecule has 0 bridgehead atoms. The molecule has 1 heterocycles. The van der Waals surface area contributed by atoms with E-state index in [0.717, 1.165) is 0 Å². The number of nitrogens with two attached hydrogens (primary N) is 1. The third kappa shape index (κ3) is 4.85. The zero-order valence-electron chi connectivity index (χ0n) is 16.8. The number of thiocarbonyl (C=S) groups is 1. The molecule has 0 saturated carbocycles. The van der Waals surface area contributed by atoms with E-state index in [4.69, 9.17) is 38.4 Å². The van der Waals surface area contributed by atoms with Crippen LogP contribution in [-0.2, 0) is 10.0 Å². The lowest BCUT2D eigenvalue weighted by Gasteiger charge is -2.31. The molecule has 0 radical (unpaired) electrons. The average Bonchev–Trinajstić information content (AvgIpc) is 3.23. The van der Waals surface area contributed by atoms with Crippen molar-refractivity contribution in [2.75, 3.05) is 32.6 Å². The Labute approximate surface area is 190 Å². The van der Waals surface area contributed by atoms with Gasteiger partial charge in [0.25, 0.3) is 5.91 Å². The van der Waals surface area contributed by atoms with Crippen molar-refractivity contribution in [3.8, 4) is 11.5 Å². The van der Waals surface area contributed by atoms with Gasteiger partial charge in [-0.05, 0) is 55.0 Å². The van der Waals surface area contributed by atoms with Gasteiger partial charge in [0, 0.05) is 18.8 Å². The molecule has 2 aromatic rings. The number of benzene rings is 2. The smallest absolute Gasteiger partial charge is 0.280 e. The Hall–Kier alpha value is -2.60. The Morgan fingerprint density at radius 1 is 1.10 bits per heavy atom. The molecule has 0 atom stereocenters. The Bertz CT molecular complexity index is 1110. The summed E-state index contributed by atoms with van der Waals surface area (Å²) in [6.45, 7) is 0.946. The van der Waals surface area contributed by atoms with Gasteiger partial charge in [0.1, 0.15) is 11.3 Å². The number of nitrogens with one attached hydrogen (secondary N) is 1. The van der Waals surface area contributed by atoms with Gasteiger partial charge in [-0.15, -0.1) is 0 Å². The molecule has 1 amide bonds. The van der Waals surface area contributed by atoms with Crippen molar-refractivity contribution in [2.24, 2.45) is 5.14 Å². The van der Waals surface area contributed by atoms with Crippen LogP contribution in [0.3, 0.4) is 0 Å². The second-order valence-corrected chi connectivity index (χ2v) is 8.92. The van der Waals surface area contributed by atoms with Gasteiger partial charge in [-0.25, -0.2) is 18.6 Å². The maximum Gasteiger partial charge on any atom is 0.280 e. The van der Waals surface area contributed by atoms with Crippen LogP contribution in [-0.4, -0.2) is 56.8 Å². The SMILES string of the molecule is COc1ccc(Cl)c(OC)c1C(=O)N1CCCN1C(=S)Nc1ccc(S(N)(=O)=O)cc1. The van der Waals surface area contributed by atoms with E-state index >= 15 is 0 Å². The first kappa shape index (κ1) is 23.1. The summed E-state index contributed by atoms with van der Waals surface area (Å²) >= 11 is 11.7. The first-order valence-corrected chi connectivity index (χ1v) is 11.4. The van der Waals surface area contributed by atoms with Crippen LogP contribution in [0.2, 0.25) is 5.02 Å². The maximum atomic E-state index is 13.4. The number of hydrazine groups is 1. The van der Waals surface area contributed by atoms with Crippen LogP contribution in [0, 0.1) is 0 Å². The number of anilines is 1. The highest BCUT2D eigenvalue weighted by molar-refractivity contribution is 7.89. The lowest BCUT2D eigenvalue weighted by Crippen LogP contribution is -2.46. The first-order chi connectivity index (χ1) is 14.7. The minimum absolute atomic E-state index is 0.0120. The standard InChI is InChI=1S/C19H21ClN4O5S2/c1-28-15-9-8-14(20)17(29-2)16(15)18(25)23-10-3-11-24(23)19(30)22-12-4-6-13(7-5-12)31(21,26)27/h4-9H,3,10-11H2,1-2H3,(H,22,30)(H2,21,26,27). The normalized spacial score (nSPS) is 13.8. The Balaban J connectivity index is 1.84. The molecule has 12 heteroatoms. The zero-order chi connectivity index (χ0) is 22.8. The van der Waals surface area contributed by atoms with E-state index in [0.29, 0.717) is 30.9 Å². The van der Waals surface area contributed by atoms with Crippen molar-refractivity contribution in [3.63, 3.8) is 0 Å². The number of halogens is 1. The molecule has 0 aromatic heterocycles. The van der Waals surface area contributed by atoms with Crippen molar-refractivity contribution in [1.29, 1.82) is 0 Å². The molecule has 31 heavy (non-hydrogen) atoms. The summed E-state index contributed by atoms with van der Waals surface area (Å²) in [6.07, 6.45) is 0.698. The molecule has 1 aliphatic rings. The van der Waals surface area contributed by atoms with Crippen molar-refractivity contribution in [3.05, 3.63) is 47.0 Å². The van der Waals surface area contributed by atoms with E-state index in [1.165, 1.54) is 43.5 Å². The predicted octanol–water partition coefficient (Wildman–Crippen LogP) is 2.46. The summed E-state index contributed by atoms with van der Waals surface area (Å²) in [5, 5.41) is 11.8. The fourth-order valence-corrected chi connectivity index (χ4v) is 4.25. The van der Waals surface area contributed by atoms with Crippen molar-refractivity contribution >= 4 is 50.5 Å². The molecule has 1 fully saturated rings. The second-order valence-electron chi connectivity index (χ2n) is 6.56. The van der Waals surface area contributed by atoms with E-state index < -0.39 is 10.0 Å². The van der Waals surface area contributed by atoms with Crippen LogP contribution in [0.25, 0.3) is 0 Å². The van der Waals surface area contributed by atoms with Crippen LogP contribution in [0.15, 0.2) is 41.3 Å². The molecule has 166 valence electrons. The van der Waals surface area contributed by atoms with Gasteiger partial charge in [-0.2, -0.15) is 0 Å². The lowest BCUT2D eigenvalue weighted by molar-refractivity contribution is 0.0495. The van der Waals surface area contributed by atoms with Crippen LogP contribution < -0.4 is 19.9 Å². The Morgan fingerprint density at radius 3 is 2.32 bits per heavy atom. The van der Waals surface area contributed by atoms with E-state index in [1.807, 2.05) is 0 Å². The van der Waals surface area contributed by atoms with E-state index in [2.05, 4.69) is 5.32 Å². The van der Waals surface area contributed by atoms with Crippen molar-refractivity contribution in [1.82, 2.24) is 10.0 Å². The number of carbonyl (C=O) groups is 1. The molecule has 0 unspecified atom stereocenters. The summed E-state index contributed by atoms with van der Waals surface area (Å²) in [5.74, 6) is 0.174. The summed E-state index contributed by atoms with van der Waals surface area (Å²) in [7, 11) is -0.906. The molecule has 3 N–H and O–H groups in total. The summed E-state index contributed by atoms with van der Waals surface area (Å²) < 4.78 is 33.5. The summed E-state index contributed by atoms with van der Waals surface area (Å²) in [5.41, 5.74) is 0.749. The molecule has 1 saturated heterocycles. The highest BCUT2D eigenvalue weighted by Crippen LogP contribution is 2.37. The molecule has 0 spiro atoms.